The molecule has 1 aromatic carbocycles. The summed E-state index contributed by atoms with van der Waals surface area (Å²) >= 11 is 0. The molecule has 0 atom stereocenters. The number of hydrogen-bond acceptors (Lipinski definition) is 3. The number of benzene rings is 1. The summed E-state index contributed by atoms with van der Waals surface area (Å²) in [5, 5.41) is 11.5. The Balaban J connectivity index is 2.66. The van der Waals surface area contributed by atoms with E-state index in [0.717, 1.165) is 5.69 Å². The highest BCUT2D eigenvalue weighted by Crippen LogP contribution is 2.09. The van der Waals surface area contributed by atoms with Crippen molar-refractivity contribution in [2.75, 3.05) is 11.9 Å². The van der Waals surface area contributed by atoms with Crippen LogP contribution in [0.4, 0.5) is 5.69 Å². The molecule has 0 saturated carbocycles. The van der Waals surface area contributed by atoms with Gasteiger partial charge in [-0.25, -0.2) is 0 Å². The van der Waals surface area contributed by atoms with Gasteiger partial charge in [-0.2, -0.15) is 5.26 Å². The van der Waals surface area contributed by atoms with Gasteiger partial charge in [0.05, 0.1) is 18.8 Å². The second-order valence-electron chi connectivity index (χ2n) is 2.56. The molecule has 0 unspecified atom stereocenters. The molecule has 1 aromatic rings. The van der Waals surface area contributed by atoms with Crippen molar-refractivity contribution in [1.29, 1.82) is 5.26 Å². The van der Waals surface area contributed by atoms with Gasteiger partial charge in [0, 0.05) is 5.69 Å². The molecule has 0 heterocycles. The SMILES string of the molecule is CCO/C(=C\C#N)Nc1ccccc1. The van der Waals surface area contributed by atoms with Gasteiger partial charge < -0.3 is 10.1 Å². The van der Waals surface area contributed by atoms with Gasteiger partial charge in [0.25, 0.3) is 0 Å². The molecule has 0 aliphatic heterocycles. The van der Waals surface area contributed by atoms with Gasteiger partial charge in [-0.3, -0.25) is 0 Å². The third-order valence-corrected chi connectivity index (χ3v) is 1.54. The Morgan fingerprint density at radius 1 is 1.50 bits per heavy atom. The van der Waals surface area contributed by atoms with Crippen LogP contribution in [0, 0.1) is 11.3 Å². The van der Waals surface area contributed by atoms with E-state index in [1.807, 2.05) is 43.3 Å². The number of para-hydroxylation sites is 1. The number of nitriles is 1. The van der Waals surface area contributed by atoms with Gasteiger partial charge in [-0.15, -0.1) is 0 Å². The molecule has 3 heteroatoms. The Morgan fingerprint density at radius 2 is 2.21 bits per heavy atom. The Bertz CT molecular complexity index is 338. The van der Waals surface area contributed by atoms with Crippen LogP contribution in [0.1, 0.15) is 6.92 Å². The van der Waals surface area contributed by atoms with Crippen LogP contribution in [-0.2, 0) is 4.74 Å². The molecule has 14 heavy (non-hydrogen) atoms. The van der Waals surface area contributed by atoms with E-state index in [9.17, 15) is 0 Å². The van der Waals surface area contributed by atoms with Crippen molar-refractivity contribution in [3.05, 3.63) is 42.3 Å². The maximum atomic E-state index is 8.49. The van der Waals surface area contributed by atoms with Gasteiger partial charge >= 0.3 is 0 Å². The van der Waals surface area contributed by atoms with E-state index in [2.05, 4.69) is 5.32 Å². The molecule has 0 fully saturated rings. The zero-order valence-corrected chi connectivity index (χ0v) is 8.03. The van der Waals surface area contributed by atoms with E-state index in [0.29, 0.717) is 12.5 Å². The first-order valence-corrected chi connectivity index (χ1v) is 4.41. The van der Waals surface area contributed by atoms with Crippen molar-refractivity contribution in [3.63, 3.8) is 0 Å². The third kappa shape index (κ3) is 3.20. The minimum Gasteiger partial charge on any atom is -0.479 e. The summed E-state index contributed by atoms with van der Waals surface area (Å²) in [5.41, 5.74) is 0.905. The minimum absolute atomic E-state index is 0.473. The molecule has 0 aliphatic rings. The fraction of sp³-hybridized carbons (Fsp3) is 0.182. The number of rotatable bonds is 4. The molecule has 1 rings (SSSR count). The second kappa shape index (κ2) is 5.65. The van der Waals surface area contributed by atoms with Crippen molar-refractivity contribution in [3.8, 4) is 6.07 Å². The first-order valence-electron chi connectivity index (χ1n) is 4.41. The van der Waals surface area contributed by atoms with Crippen LogP contribution in [0.2, 0.25) is 0 Å². The first kappa shape index (κ1) is 10.1. The van der Waals surface area contributed by atoms with Crippen LogP contribution in [-0.4, -0.2) is 6.61 Å². The van der Waals surface area contributed by atoms with Gasteiger partial charge in [0.2, 0.25) is 5.88 Å². The van der Waals surface area contributed by atoms with Crippen LogP contribution in [0.15, 0.2) is 42.3 Å². The highest BCUT2D eigenvalue weighted by molar-refractivity contribution is 5.47. The van der Waals surface area contributed by atoms with Crippen molar-refractivity contribution >= 4 is 5.69 Å². The molecule has 0 spiro atoms. The Hall–Kier alpha value is -1.95. The fourth-order valence-electron chi connectivity index (χ4n) is 0.992. The molecule has 0 bridgehead atoms. The molecule has 1 N–H and O–H groups in total. The minimum atomic E-state index is 0.473. The van der Waals surface area contributed by atoms with Crippen LogP contribution in [0.5, 0.6) is 0 Å². The number of nitrogens with zero attached hydrogens (tertiary/aromatic N) is 1. The monoisotopic (exact) mass is 188 g/mol. The molecule has 0 radical (unpaired) electrons. The lowest BCUT2D eigenvalue weighted by Gasteiger charge is -2.09. The topological polar surface area (TPSA) is 45.0 Å². The Labute approximate surface area is 83.6 Å². The van der Waals surface area contributed by atoms with E-state index >= 15 is 0 Å². The summed E-state index contributed by atoms with van der Waals surface area (Å²) in [7, 11) is 0. The maximum Gasteiger partial charge on any atom is 0.201 e. The summed E-state index contributed by atoms with van der Waals surface area (Å²) < 4.78 is 5.21. The van der Waals surface area contributed by atoms with Crippen molar-refractivity contribution in [2.24, 2.45) is 0 Å². The molecule has 0 amide bonds. The molecular formula is C11H12N2O. The zero-order valence-electron chi connectivity index (χ0n) is 8.03. The maximum absolute atomic E-state index is 8.49. The van der Waals surface area contributed by atoms with Crippen LogP contribution in [0.3, 0.4) is 0 Å². The second-order valence-corrected chi connectivity index (χ2v) is 2.56. The predicted octanol–water partition coefficient (Wildman–Crippen LogP) is 2.50. The first-order chi connectivity index (χ1) is 6.86. The average Bonchev–Trinajstić information content (AvgIpc) is 2.20. The lowest BCUT2D eigenvalue weighted by molar-refractivity contribution is 0.235. The van der Waals surface area contributed by atoms with Gasteiger partial charge in [0.15, 0.2) is 0 Å². The van der Waals surface area contributed by atoms with E-state index < -0.39 is 0 Å². The lowest BCUT2D eigenvalue weighted by Crippen LogP contribution is -2.03. The van der Waals surface area contributed by atoms with E-state index in [4.69, 9.17) is 10.00 Å². The number of allylic oxidation sites excluding steroid dienone is 1. The molecular weight excluding hydrogens is 176 g/mol. The smallest absolute Gasteiger partial charge is 0.201 e. The molecule has 3 nitrogen and oxygen atoms in total. The van der Waals surface area contributed by atoms with Crippen molar-refractivity contribution in [2.45, 2.75) is 6.92 Å². The van der Waals surface area contributed by atoms with Crippen LogP contribution >= 0.6 is 0 Å². The number of hydrogen-bond donors (Lipinski definition) is 1. The van der Waals surface area contributed by atoms with Crippen molar-refractivity contribution < 1.29 is 4.74 Å². The quantitative estimate of drug-likeness (QED) is 0.583. The summed E-state index contributed by atoms with van der Waals surface area (Å²) in [4.78, 5) is 0. The summed E-state index contributed by atoms with van der Waals surface area (Å²) in [5.74, 6) is 0.473. The van der Waals surface area contributed by atoms with Gasteiger partial charge in [-0.1, -0.05) is 18.2 Å². The third-order valence-electron chi connectivity index (χ3n) is 1.54. The zero-order chi connectivity index (χ0) is 10.2. The lowest BCUT2D eigenvalue weighted by atomic mass is 10.3. The predicted molar refractivity (Wildman–Crippen MR) is 55.4 cm³/mol. The highest BCUT2D eigenvalue weighted by atomic mass is 16.5. The normalized spacial score (nSPS) is 10.4. The largest absolute Gasteiger partial charge is 0.479 e. The molecule has 0 aromatic heterocycles. The number of nitrogens with one attached hydrogen (secondary N) is 1. The van der Waals surface area contributed by atoms with Crippen LogP contribution < -0.4 is 5.32 Å². The summed E-state index contributed by atoms with van der Waals surface area (Å²) in [6.07, 6.45) is 1.34. The van der Waals surface area contributed by atoms with Crippen LogP contribution in [0.25, 0.3) is 0 Å². The van der Waals surface area contributed by atoms with E-state index in [1.54, 1.807) is 0 Å². The Morgan fingerprint density at radius 3 is 2.79 bits per heavy atom. The standard InChI is InChI=1S/C11H12N2O/c1-2-14-11(8-9-12)13-10-6-4-3-5-7-10/h3-8,13H,2H2,1H3/b11-8-. The number of ether oxygens (including phenoxy) is 1. The molecule has 0 saturated heterocycles. The highest BCUT2D eigenvalue weighted by Gasteiger charge is 1.96. The molecule has 0 aliphatic carbocycles. The average molecular weight is 188 g/mol. The number of anilines is 1. The van der Waals surface area contributed by atoms with Crippen molar-refractivity contribution in [1.82, 2.24) is 0 Å². The van der Waals surface area contributed by atoms with E-state index in [-0.39, 0.29) is 0 Å². The van der Waals surface area contributed by atoms with Gasteiger partial charge in [0.1, 0.15) is 0 Å². The molecule has 72 valence electrons. The van der Waals surface area contributed by atoms with Gasteiger partial charge in [-0.05, 0) is 19.1 Å². The Kier molecular flexibility index (Phi) is 4.09. The summed E-state index contributed by atoms with van der Waals surface area (Å²) in [6.45, 7) is 2.41. The summed E-state index contributed by atoms with van der Waals surface area (Å²) in [6, 6.07) is 11.5. The van der Waals surface area contributed by atoms with E-state index in [1.165, 1.54) is 6.08 Å². The fourth-order valence-corrected chi connectivity index (χ4v) is 0.992.